The lowest BCUT2D eigenvalue weighted by molar-refractivity contribution is -0.385. The van der Waals surface area contributed by atoms with Crippen molar-refractivity contribution in [3.63, 3.8) is 0 Å². The van der Waals surface area contributed by atoms with Crippen LogP contribution >= 0.6 is 0 Å². The largest absolute Gasteiger partial charge is 0.487 e. The first kappa shape index (κ1) is 20.1. The van der Waals surface area contributed by atoms with Crippen LogP contribution in [-0.2, 0) is 0 Å². The van der Waals surface area contributed by atoms with E-state index in [1.807, 2.05) is 19.1 Å². The topological polar surface area (TPSA) is 89.8 Å². The molecule has 0 aliphatic heterocycles. The summed E-state index contributed by atoms with van der Waals surface area (Å²) in [6.45, 7) is 5.54. The first-order valence-corrected chi connectivity index (χ1v) is 8.55. The molecule has 0 heterocycles. The molecule has 7 nitrogen and oxygen atoms in total. The number of nitro groups is 1. The lowest BCUT2D eigenvalue weighted by Gasteiger charge is -2.24. The third-order valence-corrected chi connectivity index (χ3v) is 4.32. The van der Waals surface area contributed by atoms with Crippen LogP contribution in [0.3, 0.4) is 0 Å². The number of nitrogens with zero attached hydrogens (tertiary/aromatic N) is 2. The molecule has 0 saturated heterocycles. The Bertz CT molecular complexity index is 861. The van der Waals surface area contributed by atoms with Gasteiger partial charge in [0.25, 0.3) is 5.91 Å². The summed E-state index contributed by atoms with van der Waals surface area (Å²) in [6, 6.07) is 10.4. The number of Topliss-reactive ketones (excluding diaryl/α,β-unsaturated/α-hetero) is 1. The highest BCUT2D eigenvalue weighted by atomic mass is 16.6. The van der Waals surface area contributed by atoms with Gasteiger partial charge in [-0.25, -0.2) is 0 Å². The van der Waals surface area contributed by atoms with Crippen molar-refractivity contribution >= 4 is 17.4 Å². The summed E-state index contributed by atoms with van der Waals surface area (Å²) in [6.07, 6.45) is 0. The second kappa shape index (κ2) is 8.44. The minimum Gasteiger partial charge on any atom is -0.487 e. The number of hydrogen-bond acceptors (Lipinski definition) is 5. The van der Waals surface area contributed by atoms with Gasteiger partial charge in [0.1, 0.15) is 0 Å². The average molecular weight is 370 g/mol. The summed E-state index contributed by atoms with van der Waals surface area (Å²) in [5.41, 5.74) is 1.38. The van der Waals surface area contributed by atoms with Crippen molar-refractivity contribution in [2.45, 2.75) is 26.8 Å². The number of likely N-dealkylation sites (N-methyl/N-ethyl adjacent to an activating group) is 1. The van der Waals surface area contributed by atoms with Gasteiger partial charge >= 0.3 is 5.69 Å². The summed E-state index contributed by atoms with van der Waals surface area (Å²) in [7, 11) is 1.50. The van der Waals surface area contributed by atoms with Crippen LogP contribution in [-0.4, -0.2) is 41.2 Å². The van der Waals surface area contributed by atoms with Gasteiger partial charge in [-0.1, -0.05) is 29.8 Å². The Hall–Kier alpha value is -3.22. The molecule has 0 radical (unpaired) electrons. The zero-order chi connectivity index (χ0) is 20.1. The number of hydrogen-bond donors (Lipinski definition) is 0. The van der Waals surface area contributed by atoms with E-state index < -0.39 is 16.9 Å². The Morgan fingerprint density at radius 1 is 1.15 bits per heavy atom. The number of benzene rings is 2. The Balaban J connectivity index is 2.25. The molecule has 0 N–H and O–H groups in total. The monoisotopic (exact) mass is 370 g/mol. The molecular weight excluding hydrogens is 348 g/mol. The summed E-state index contributed by atoms with van der Waals surface area (Å²) in [5.74, 6) is -0.578. The molecule has 2 aromatic carbocycles. The Morgan fingerprint density at radius 3 is 2.30 bits per heavy atom. The van der Waals surface area contributed by atoms with Gasteiger partial charge in [0, 0.05) is 24.2 Å². The first-order valence-electron chi connectivity index (χ1n) is 8.55. The fourth-order valence-electron chi connectivity index (χ4n) is 2.59. The molecule has 0 spiro atoms. The number of ketones is 1. The number of carbonyl (C=O) groups is 2. The normalized spacial score (nSPS) is 11.6. The molecule has 2 rings (SSSR count). The Kier molecular flexibility index (Phi) is 6.28. The summed E-state index contributed by atoms with van der Waals surface area (Å²) in [5, 5.41) is 11.2. The number of amides is 1. The first-order chi connectivity index (χ1) is 12.8. The quantitative estimate of drug-likeness (QED) is 0.422. The van der Waals surface area contributed by atoms with E-state index in [2.05, 4.69) is 0 Å². The fourth-order valence-corrected chi connectivity index (χ4v) is 2.59. The molecule has 2 aromatic rings. The smallest absolute Gasteiger partial charge is 0.311 e. The zero-order valence-electron chi connectivity index (χ0n) is 15.8. The lowest BCUT2D eigenvalue weighted by atomic mass is 10.0. The molecule has 27 heavy (non-hydrogen) atoms. The number of carbonyl (C=O) groups excluding carboxylic acids is 2. The molecular formula is C20H22N2O5. The van der Waals surface area contributed by atoms with Gasteiger partial charge in [-0.2, -0.15) is 0 Å². The molecule has 1 unspecified atom stereocenters. The van der Waals surface area contributed by atoms with Crippen LogP contribution in [0.15, 0.2) is 42.5 Å². The Labute approximate surface area is 157 Å². The molecule has 0 aliphatic carbocycles. The van der Waals surface area contributed by atoms with Crippen LogP contribution in [0.2, 0.25) is 0 Å². The van der Waals surface area contributed by atoms with E-state index in [-0.39, 0.29) is 29.4 Å². The van der Waals surface area contributed by atoms with Crippen molar-refractivity contribution in [3.8, 4) is 5.75 Å². The molecule has 0 saturated carbocycles. The van der Waals surface area contributed by atoms with Crippen molar-refractivity contribution in [2.75, 3.05) is 13.7 Å². The van der Waals surface area contributed by atoms with Crippen LogP contribution in [0.25, 0.3) is 0 Å². The molecule has 7 heteroatoms. The average Bonchev–Trinajstić information content (AvgIpc) is 2.66. The van der Waals surface area contributed by atoms with Gasteiger partial charge in [0.15, 0.2) is 11.5 Å². The van der Waals surface area contributed by atoms with Gasteiger partial charge in [-0.15, -0.1) is 0 Å². The maximum atomic E-state index is 12.7. The highest BCUT2D eigenvalue weighted by Gasteiger charge is 2.26. The molecule has 1 atom stereocenters. The highest BCUT2D eigenvalue weighted by Crippen LogP contribution is 2.28. The van der Waals surface area contributed by atoms with Crippen LogP contribution in [0, 0.1) is 17.0 Å². The number of rotatable bonds is 7. The maximum absolute atomic E-state index is 12.7. The second-order valence-electron chi connectivity index (χ2n) is 6.19. The predicted octanol–water partition coefficient (Wildman–Crippen LogP) is 3.65. The van der Waals surface area contributed by atoms with Crippen LogP contribution in [0.1, 0.15) is 40.1 Å². The van der Waals surface area contributed by atoms with Crippen LogP contribution in [0.4, 0.5) is 5.69 Å². The van der Waals surface area contributed by atoms with Gasteiger partial charge in [0.05, 0.1) is 17.6 Å². The second-order valence-corrected chi connectivity index (χ2v) is 6.19. The van der Waals surface area contributed by atoms with E-state index >= 15 is 0 Å². The molecule has 1 amide bonds. The summed E-state index contributed by atoms with van der Waals surface area (Å²) >= 11 is 0. The van der Waals surface area contributed by atoms with Crippen LogP contribution < -0.4 is 4.74 Å². The van der Waals surface area contributed by atoms with Crippen molar-refractivity contribution in [1.29, 1.82) is 0 Å². The van der Waals surface area contributed by atoms with Gasteiger partial charge in [0.2, 0.25) is 0 Å². The Morgan fingerprint density at radius 2 is 1.74 bits per heavy atom. The highest BCUT2D eigenvalue weighted by molar-refractivity contribution is 6.04. The molecule has 142 valence electrons. The summed E-state index contributed by atoms with van der Waals surface area (Å²) in [4.78, 5) is 37.3. The summed E-state index contributed by atoms with van der Waals surface area (Å²) < 4.78 is 5.23. The molecule has 0 aromatic heterocycles. The number of aryl methyl sites for hydroxylation is 1. The third-order valence-electron chi connectivity index (χ3n) is 4.32. The van der Waals surface area contributed by atoms with E-state index in [4.69, 9.17) is 4.74 Å². The molecule has 0 bridgehead atoms. The van der Waals surface area contributed by atoms with E-state index in [9.17, 15) is 19.7 Å². The minimum absolute atomic E-state index is 0.102. The fraction of sp³-hybridized carbons (Fsp3) is 0.300. The SMILES string of the molecule is CCOc1ccc(C(=O)N(C)C(C)C(=O)c2ccc(C)cc2)cc1[N+](=O)[O-]. The van der Waals surface area contributed by atoms with Crippen LogP contribution in [0.5, 0.6) is 5.75 Å². The van der Waals surface area contributed by atoms with E-state index in [1.54, 1.807) is 26.0 Å². The van der Waals surface area contributed by atoms with Crippen molar-refractivity contribution < 1.29 is 19.2 Å². The minimum atomic E-state index is -0.717. The lowest BCUT2D eigenvalue weighted by Crippen LogP contribution is -2.40. The van der Waals surface area contributed by atoms with Gasteiger partial charge in [-0.3, -0.25) is 19.7 Å². The maximum Gasteiger partial charge on any atom is 0.311 e. The van der Waals surface area contributed by atoms with E-state index in [1.165, 1.54) is 30.1 Å². The van der Waals surface area contributed by atoms with E-state index in [0.717, 1.165) is 5.56 Å². The predicted molar refractivity (Wildman–Crippen MR) is 101 cm³/mol. The van der Waals surface area contributed by atoms with Crippen molar-refractivity contribution in [2.24, 2.45) is 0 Å². The van der Waals surface area contributed by atoms with Gasteiger partial charge in [-0.05, 0) is 32.9 Å². The van der Waals surface area contributed by atoms with Crippen molar-refractivity contribution in [3.05, 3.63) is 69.3 Å². The zero-order valence-corrected chi connectivity index (χ0v) is 15.8. The number of ether oxygens (including phenoxy) is 1. The molecule has 0 fully saturated rings. The third kappa shape index (κ3) is 4.49. The standard InChI is InChI=1S/C20H22N2O5/c1-5-27-18-11-10-16(12-17(18)22(25)26)20(24)21(4)14(3)19(23)15-8-6-13(2)7-9-15/h6-12,14H,5H2,1-4H3. The van der Waals surface area contributed by atoms with Crippen molar-refractivity contribution in [1.82, 2.24) is 4.90 Å². The van der Waals surface area contributed by atoms with E-state index in [0.29, 0.717) is 5.56 Å². The van der Waals surface area contributed by atoms with Gasteiger partial charge < -0.3 is 9.64 Å². The molecule has 0 aliphatic rings. The number of nitro benzene ring substituents is 1.